The molecule has 0 spiro atoms. The molecule has 6 N–H and O–H groups in total. The number of carboxylic acids is 1. The zero-order valence-corrected chi connectivity index (χ0v) is 20.8. The fraction of sp³-hybridized carbons (Fsp3) is 0.500. The van der Waals surface area contributed by atoms with Crippen LogP contribution in [0.3, 0.4) is 0 Å². The Labute approximate surface area is 204 Å². The van der Waals surface area contributed by atoms with Crippen molar-refractivity contribution in [3.05, 3.63) is 41.2 Å². The highest BCUT2D eigenvalue weighted by Crippen LogP contribution is 2.22. The second-order valence-electron chi connectivity index (χ2n) is 9.48. The second-order valence-corrected chi connectivity index (χ2v) is 9.48. The average molecular weight is 490 g/mol. The Morgan fingerprint density at radius 2 is 1.77 bits per heavy atom. The topological polar surface area (TPSA) is 169 Å². The van der Waals surface area contributed by atoms with Crippen molar-refractivity contribution in [3.8, 4) is 5.75 Å². The standard InChI is InChI=1S/C24H35N5O6/c1-14-11-16(30)12-15(2)17(14)13-19(21(32)33)27-20(31)18(28-23(34)35-24(3,4)5)7-6-9-29-10-8-26-22(29)25/h8,10-12,18-19,30H,6-7,9,13H2,1-5H3,(H2,25,26)(H,27,31)(H,28,34)(H,32,33)/t18-,19+/m1/s1. The molecule has 2 atom stereocenters. The summed E-state index contributed by atoms with van der Waals surface area (Å²) in [6.45, 7) is 9.08. The Balaban J connectivity index is 2.15. The number of amides is 2. The van der Waals surface area contributed by atoms with E-state index in [4.69, 9.17) is 10.5 Å². The average Bonchev–Trinajstić information content (AvgIpc) is 3.12. The molecule has 0 saturated heterocycles. The second kappa shape index (κ2) is 11.6. The lowest BCUT2D eigenvalue weighted by atomic mass is 9.95. The van der Waals surface area contributed by atoms with Gasteiger partial charge in [-0.15, -0.1) is 0 Å². The fourth-order valence-corrected chi connectivity index (χ4v) is 3.68. The van der Waals surface area contributed by atoms with Gasteiger partial charge in [0.15, 0.2) is 5.95 Å². The first kappa shape index (κ1) is 27.5. The molecule has 0 aliphatic rings. The van der Waals surface area contributed by atoms with Gasteiger partial charge in [-0.3, -0.25) is 4.79 Å². The Morgan fingerprint density at radius 1 is 1.14 bits per heavy atom. The van der Waals surface area contributed by atoms with Crippen LogP contribution in [0.25, 0.3) is 0 Å². The number of benzene rings is 1. The first-order valence-electron chi connectivity index (χ1n) is 11.3. The van der Waals surface area contributed by atoms with Crippen LogP contribution < -0.4 is 16.4 Å². The van der Waals surface area contributed by atoms with Gasteiger partial charge >= 0.3 is 12.1 Å². The minimum atomic E-state index is -1.24. The van der Waals surface area contributed by atoms with Crippen LogP contribution in [-0.2, 0) is 27.3 Å². The van der Waals surface area contributed by atoms with E-state index in [1.54, 1.807) is 51.6 Å². The summed E-state index contributed by atoms with van der Waals surface area (Å²) in [6.07, 6.45) is 3.17. The maximum absolute atomic E-state index is 13.1. The van der Waals surface area contributed by atoms with Crippen molar-refractivity contribution in [3.63, 3.8) is 0 Å². The van der Waals surface area contributed by atoms with Crippen LogP contribution in [0.1, 0.15) is 50.3 Å². The van der Waals surface area contributed by atoms with E-state index in [9.17, 15) is 24.6 Å². The molecular weight excluding hydrogens is 454 g/mol. The van der Waals surface area contributed by atoms with Crippen molar-refractivity contribution in [2.45, 2.75) is 78.1 Å². The van der Waals surface area contributed by atoms with E-state index >= 15 is 0 Å². The normalized spacial score (nSPS) is 13.1. The molecule has 0 bridgehead atoms. The van der Waals surface area contributed by atoms with Gasteiger partial charge < -0.3 is 35.9 Å². The minimum Gasteiger partial charge on any atom is -0.508 e. The zero-order chi connectivity index (χ0) is 26.3. The van der Waals surface area contributed by atoms with Gasteiger partial charge in [-0.25, -0.2) is 14.6 Å². The molecule has 2 aromatic rings. The smallest absolute Gasteiger partial charge is 0.408 e. The van der Waals surface area contributed by atoms with Gasteiger partial charge in [0.1, 0.15) is 23.4 Å². The number of nitrogens with zero attached hydrogens (tertiary/aromatic N) is 2. The number of hydrogen-bond donors (Lipinski definition) is 5. The molecule has 2 rings (SSSR count). The number of hydrogen-bond acceptors (Lipinski definition) is 7. The number of rotatable bonds is 10. The van der Waals surface area contributed by atoms with Crippen molar-refractivity contribution in [1.29, 1.82) is 0 Å². The molecule has 11 nitrogen and oxygen atoms in total. The van der Waals surface area contributed by atoms with Gasteiger partial charge in [0.2, 0.25) is 5.91 Å². The van der Waals surface area contributed by atoms with Crippen molar-refractivity contribution >= 4 is 23.9 Å². The van der Waals surface area contributed by atoms with Crippen molar-refractivity contribution < 1.29 is 29.3 Å². The SMILES string of the molecule is Cc1cc(O)cc(C)c1C[C@H](NC(=O)[C@@H](CCCn1ccnc1N)NC(=O)OC(C)(C)C)C(=O)O. The van der Waals surface area contributed by atoms with Gasteiger partial charge in [0.25, 0.3) is 0 Å². The van der Waals surface area contributed by atoms with Gasteiger partial charge in [0.05, 0.1) is 0 Å². The van der Waals surface area contributed by atoms with E-state index in [2.05, 4.69) is 15.6 Å². The Bertz CT molecular complexity index is 1040. The lowest BCUT2D eigenvalue weighted by Crippen LogP contribution is -2.53. The number of aryl methyl sites for hydroxylation is 3. The van der Waals surface area contributed by atoms with E-state index < -0.39 is 35.7 Å². The number of carbonyl (C=O) groups is 3. The molecule has 192 valence electrons. The van der Waals surface area contributed by atoms with Crippen molar-refractivity contribution in [2.24, 2.45) is 0 Å². The number of nitrogens with two attached hydrogens (primary N) is 1. The van der Waals surface area contributed by atoms with Crippen LogP contribution in [0.2, 0.25) is 0 Å². The molecule has 1 heterocycles. The molecule has 1 aromatic heterocycles. The van der Waals surface area contributed by atoms with E-state index in [1.807, 2.05) is 0 Å². The number of carboxylic acid groups (broad SMARTS) is 1. The number of phenols is 1. The zero-order valence-electron chi connectivity index (χ0n) is 20.8. The predicted octanol–water partition coefficient (Wildman–Crippen LogP) is 2.27. The van der Waals surface area contributed by atoms with Crippen LogP contribution in [-0.4, -0.2) is 55.4 Å². The Morgan fingerprint density at radius 3 is 2.29 bits per heavy atom. The molecule has 0 fully saturated rings. The highest BCUT2D eigenvalue weighted by atomic mass is 16.6. The largest absolute Gasteiger partial charge is 0.508 e. The number of phenolic OH excluding ortho intramolecular Hbond substituents is 1. The lowest BCUT2D eigenvalue weighted by Gasteiger charge is -2.25. The fourth-order valence-electron chi connectivity index (χ4n) is 3.68. The molecule has 11 heteroatoms. The third kappa shape index (κ3) is 8.51. The van der Waals surface area contributed by atoms with Gasteiger partial charge in [-0.2, -0.15) is 0 Å². The number of anilines is 1. The molecule has 35 heavy (non-hydrogen) atoms. The highest BCUT2D eigenvalue weighted by Gasteiger charge is 2.29. The number of nitrogen functional groups attached to an aromatic ring is 1. The first-order valence-corrected chi connectivity index (χ1v) is 11.3. The first-order chi connectivity index (χ1) is 16.3. The summed E-state index contributed by atoms with van der Waals surface area (Å²) in [5, 5.41) is 24.6. The summed E-state index contributed by atoms with van der Waals surface area (Å²) in [5.74, 6) is -1.44. The Kier molecular flexibility index (Phi) is 9.10. The number of aromatic hydroxyl groups is 1. The summed E-state index contributed by atoms with van der Waals surface area (Å²) in [4.78, 5) is 41.4. The summed E-state index contributed by atoms with van der Waals surface area (Å²) >= 11 is 0. The number of imidazole rings is 1. The van der Waals surface area contributed by atoms with E-state index in [0.717, 1.165) is 0 Å². The van der Waals surface area contributed by atoms with Crippen LogP contribution in [0.15, 0.2) is 24.5 Å². The summed E-state index contributed by atoms with van der Waals surface area (Å²) in [7, 11) is 0. The number of nitrogens with one attached hydrogen (secondary N) is 2. The number of ether oxygens (including phenoxy) is 1. The van der Waals surface area contributed by atoms with Gasteiger partial charge in [-0.05, 0) is 76.3 Å². The maximum Gasteiger partial charge on any atom is 0.408 e. The maximum atomic E-state index is 13.1. The molecule has 0 radical (unpaired) electrons. The molecule has 2 amide bonds. The highest BCUT2D eigenvalue weighted by molar-refractivity contribution is 5.89. The lowest BCUT2D eigenvalue weighted by molar-refractivity contribution is -0.142. The van der Waals surface area contributed by atoms with E-state index in [-0.39, 0.29) is 18.6 Å². The van der Waals surface area contributed by atoms with Crippen LogP contribution in [0.5, 0.6) is 5.75 Å². The number of carbonyl (C=O) groups excluding carboxylic acids is 2. The summed E-state index contributed by atoms with van der Waals surface area (Å²) < 4.78 is 6.98. The van der Waals surface area contributed by atoms with Gasteiger partial charge in [-0.1, -0.05) is 0 Å². The molecule has 0 unspecified atom stereocenters. The molecule has 0 aliphatic heterocycles. The quantitative estimate of drug-likeness (QED) is 0.338. The van der Waals surface area contributed by atoms with Crippen molar-refractivity contribution in [1.82, 2.24) is 20.2 Å². The Hall–Kier alpha value is -3.76. The predicted molar refractivity (Wildman–Crippen MR) is 130 cm³/mol. The number of aliphatic carboxylic acids is 1. The third-order valence-corrected chi connectivity index (χ3v) is 5.35. The third-order valence-electron chi connectivity index (χ3n) is 5.35. The molecule has 0 aliphatic carbocycles. The van der Waals surface area contributed by atoms with Gasteiger partial charge in [0, 0.05) is 25.4 Å². The van der Waals surface area contributed by atoms with E-state index in [1.165, 1.54) is 12.1 Å². The number of aromatic nitrogens is 2. The molecular formula is C24H35N5O6. The van der Waals surface area contributed by atoms with Crippen LogP contribution in [0.4, 0.5) is 10.7 Å². The summed E-state index contributed by atoms with van der Waals surface area (Å²) in [6, 6.07) is 0.810. The van der Waals surface area contributed by atoms with Crippen LogP contribution in [0, 0.1) is 13.8 Å². The molecule has 0 saturated carbocycles. The van der Waals surface area contributed by atoms with Crippen LogP contribution >= 0.6 is 0 Å². The van der Waals surface area contributed by atoms with E-state index in [0.29, 0.717) is 35.6 Å². The van der Waals surface area contributed by atoms with Crippen molar-refractivity contribution in [2.75, 3.05) is 5.73 Å². The summed E-state index contributed by atoms with van der Waals surface area (Å²) in [5.41, 5.74) is 7.14. The number of alkyl carbamates (subject to hydrolysis) is 1. The monoisotopic (exact) mass is 489 g/mol. The molecule has 1 aromatic carbocycles. The minimum absolute atomic E-state index is 0.0176.